The fourth-order valence-electron chi connectivity index (χ4n) is 3.48. The molecule has 0 aliphatic carbocycles. The van der Waals surface area contributed by atoms with E-state index < -0.39 is 11.9 Å². The molecule has 4 rings (SSSR count). The predicted octanol–water partition coefficient (Wildman–Crippen LogP) is 7.18. The summed E-state index contributed by atoms with van der Waals surface area (Å²) in [5, 5.41) is 3.39. The van der Waals surface area contributed by atoms with Gasteiger partial charge in [0.15, 0.2) is 0 Å². The first-order valence-corrected chi connectivity index (χ1v) is 11.0. The highest BCUT2D eigenvalue weighted by Crippen LogP contribution is 2.38. The van der Waals surface area contributed by atoms with Crippen LogP contribution in [0.2, 0.25) is 0 Å². The van der Waals surface area contributed by atoms with Gasteiger partial charge in [-0.1, -0.05) is 76.2 Å². The molecule has 0 spiro atoms. The highest BCUT2D eigenvalue weighted by Gasteiger charge is 2.33. The molecular weight excluding hydrogens is 413 g/mol. The summed E-state index contributed by atoms with van der Waals surface area (Å²) in [5.41, 5.74) is 3.52. The molecule has 6 heteroatoms. The minimum absolute atomic E-state index is 0.123. The number of nitrogens with one attached hydrogen (secondary N) is 1. The third-order valence-electron chi connectivity index (χ3n) is 4.85. The summed E-state index contributed by atoms with van der Waals surface area (Å²) in [5.74, 6) is 0. The largest absolute Gasteiger partial charge is 0.433 e. The van der Waals surface area contributed by atoms with Crippen LogP contribution in [0.25, 0.3) is 11.1 Å². The van der Waals surface area contributed by atoms with Gasteiger partial charge in [0.25, 0.3) is 0 Å². The Labute approximate surface area is 188 Å². The molecule has 1 aliphatic heterocycles. The van der Waals surface area contributed by atoms with Gasteiger partial charge in [-0.3, -0.25) is 4.98 Å². The second kappa shape index (κ2) is 12.4. The molecule has 32 heavy (non-hydrogen) atoms. The molecule has 0 amide bonds. The average molecular weight is 445 g/mol. The lowest BCUT2D eigenvalue weighted by Gasteiger charge is -2.14. The maximum Gasteiger partial charge on any atom is 0.433 e. The van der Waals surface area contributed by atoms with E-state index in [-0.39, 0.29) is 6.10 Å². The minimum atomic E-state index is -4.46. The summed E-state index contributed by atoms with van der Waals surface area (Å²) in [7, 11) is 0. The van der Waals surface area contributed by atoms with Crippen molar-refractivity contribution in [1.29, 1.82) is 0 Å². The quantitative estimate of drug-likeness (QED) is 0.453. The van der Waals surface area contributed by atoms with Crippen LogP contribution in [0.5, 0.6) is 0 Å². The number of nitrogens with zero attached hydrogens (tertiary/aromatic N) is 1. The zero-order valence-electron chi connectivity index (χ0n) is 19.0. The Balaban J connectivity index is 0.000000860. The number of benzene rings is 2. The topological polar surface area (TPSA) is 34.1 Å². The van der Waals surface area contributed by atoms with Crippen LogP contribution in [-0.4, -0.2) is 11.5 Å². The summed E-state index contributed by atoms with van der Waals surface area (Å²) in [6, 6.07) is 18.4. The van der Waals surface area contributed by atoms with Crippen LogP contribution in [0, 0.1) is 0 Å². The lowest BCUT2D eigenvalue weighted by molar-refractivity contribution is -0.141. The number of alkyl halides is 3. The molecule has 1 atom stereocenters. The zero-order chi connectivity index (χ0) is 23.6. The molecule has 3 nitrogen and oxygen atoms in total. The number of rotatable bonds is 5. The Morgan fingerprint density at radius 2 is 1.69 bits per heavy atom. The number of ether oxygens (including phenoxy) is 1. The number of halogens is 3. The van der Waals surface area contributed by atoms with Crippen molar-refractivity contribution in [3.05, 3.63) is 89.2 Å². The smallest absolute Gasteiger partial charge is 0.367 e. The van der Waals surface area contributed by atoms with Gasteiger partial charge in [-0.15, -0.1) is 0 Å². The van der Waals surface area contributed by atoms with E-state index in [1.165, 1.54) is 11.8 Å². The number of hydrogen-bond donors (Lipinski definition) is 1. The van der Waals surface area contributed by atoms with E-state index in [9.17, 15) is 13.2 Å². The summed E-state index contributed by atoms with van der Waals surface area (Å²) < 4.78 is 44.9. The highest BCUT2D eigenvalue weighted by molar-refractivity contribution is 5.69. The number of hydrogen-bond acceptors (Lipinski definition) is 3. The second-order valence-corrected chi connectivity index (χ2v) is 6.72. The summed E-state index contributed by atoms with van der Waals surface area (Å²) in [6.45, 7) is 9.75. The highest BCUT2D eigenvalue weighted by atomic mass is 19.4. The van der Waals surface area contributed by atoms with Crippen molar-refractivity contribution in [3.63, 3.8) is 0 Å². The van der Waals surface area contributed by atoms with Crippen LogP contribution < -0.4 is 5.32 Å². The monoisotopic (exact) mass is 444 g/mol. The van der Waals surface area contributed by atoms with Crippen LogP contribution in [0.3, 0.4) is 0 Å². The van der Waals surface area contributed by atoms with Gasteiger partial charge in [-0.05, 0) is 39.9 Å². The predicted molar refractivity (Wildman–Crippen MR) is 123 cm³/mol. The van der Waals surface area contributed by atoms with Gasteiger partial charge in [0.05, 0.1) is 12.7 Å². The molecule has 0 saturated carbocycles. The number of pyridine rings is 1. The Morgan fingerprint density at radius 3 is 2.38 bits per heavy atom. The van der Waals surface area contributed by atoms with E-state index in [0.717, 1.165) is 29.3 Å². The fraction of sp³-hybridized carbons (Fsp3) is 0.346. The third-order valence-corrected chi connectivity index (χ3v) is 4.85. The minimum Gasteiger partial charge on any atom is -0.367 e. The van der Waals surface area contributed by atoms with E-state index >= 15 is 0 Å². The lowest BCUT2D eigenvalue weighted by Crippen LogP contribution is -2.20. The molecule has 172 valence electrons. The zero-order valence-corrected chi connectivity index (χ0v) is 19.0. The van der Waals surface area contributed by atoms with Crippen LogP contribution >= 0.6 is 0 Å². The molecule has 0 bridgehead atoms. The van der Waals surface area contributed by atoms with Crippen molar-refractivity contribution in [2.24, 2.45) is 0 Å². The van der Waals surface area contributed by atoms with Gasteiger partial charge in [-0.2, -0.15) is 13.2 Å². The first-order chi connectivity index (χ1) is 15.5. The fourth-order valence-corrected chi connectivity index (χ4v) is 3.48. The van der Waals surface area contributed by atoms with Crippen LogP contribution in [0.1, 0.15) is 56.2 Å². The van der Waals surface area contributed by atoms with Gasteiger partial charge < -0.3 is 10.1 Å². The molecule has 1 N–H and O–H groups in total. The van der Waals surface area contributed by atoms with E-state index in [1.807, 2.05) is 64.1 Å². The molecule has 2 heterocycles. The van der Waals surface area contributed by atoms with Gasteiger partial charge >= 0.3 is 6.18 Å². The SMILES string of the molecule is CC.CC.FC(F)(F)c1cc(-c2cccc3c2COC3CNCc2ccccc2)ccn1. The van der Waals surface area contributed by atoms with E-state index in [2.05, 4.69) is 22.4 Å². The Morgan fingerprint density at radius 1 is 0.969 bits per heavy atom. The van der Waals surface area contributed by atoms with Crippen LogP contribution in [-0.2, 0) is 24.1 Å². The van der Waals surface area contributed by atoms with Crippen molar-refractivity contribution < 1.29 is 17.9 Å². The normalized spacial score (nSPS) is 14.5. The van der Waals surface area contributed by atoms with Gasteiger partial charge in [0.1, 0.15) is 5.69 Å². The first kappa shape index (κ1) is 25.6. The van der Waals surface area contributed by atoms with E-state index in [0.29, 0.717) is 18.7 Å². The maximum absolute atomic E-state index is 13.0. The molecule has 1 unspecified atom stereocenters. The molecule has 3 aromatic rings. The summed E-state index contributed by atoms with van der Waals surface area (Å²) in [6.07, 6.45) is -3.39. The Bertz CT molecular complexity index is 959. The average Bonchev–Trinajstić information content (AvgIpc) is 3.25. The summed E-state index contributed by atoms with van der Waals surface area (Å²) >= 11 is 0. The molecular formula is C26H31F3N2O. The molecule has 1 aliphatic rings. The Hall–Kier alpha value is -2.70. The maximum atomic E-state index is 13.0. The van der Waals surface area contributed by atoms with Gasteiger partial charge in [0, 0.05) is 19.3 Å². The summed E-state index contributed by atoms with van der Waals surface area (Å²) in [4.78, 5) is 3.45. The Kier molecular flexibility index (Phi) is 9.88. The molecule has 0 fully saturated rings. The van der Waals surface area contributed by atoms with Crippen molar-refractivity contribution in [2.75, 3.05) is 6.54 Å². The molecule has 0 saturated heterocycles. The molecule has 2 aromatic carbocycles. The molecule has 1 aromatic heterocycles. The molecule has 0 radical (unpaired) electrons. The van der Waals surface area contributed by atoms with E-state index in [4.69, 9.17) is 4.74 Å². The van der Waals surface area contributed by atoms with Crippen molar-refractivity contribution in [2.45, 2.75) is 53.1 Å². The standard InChI is InChI=1S/C22H19F3N2O.2C2H6/c23-22(24,25)21-11-16(9-10-27-21)17-7-4-8-18-19(17)14-28-20(18)13-26-12-15-5-2-1-3-6-15;2*1-2/h1-11,20,26H,12-14H2;2*1-2H3. The van der Waals surface area contributed by atoms with E-state index in [1.54, 1.807) is 6.07 Å². The van der Waals surface area contributed by atoms with Crippen LogP contribution in [0.15, 0.2) is 66.9 Å². The van der Waals surface area contributed by atoms with Crippen molar-refractivity contribution in [3.8, 4) is 11.1 Å². The first-order valence-electron chi connectivity index (χ1n) is 11.0. The number of fused-ring (bicyclic) bond motifs is 1. The second-order valence-electron chi connectivity index (χ2n) is 6.72. The lowest BCUT2D eigenvalue weighted by atomic mass is 9.95. The number of aromatic nitrogens is 1. The van der Waals surface area contributed by atoms with Crippen LogP contribution in [0.4, 0.5) is 13.2 Å². The van der Waals surface area contributed by atoms with Gasteiger partial charge in [0.2, 0.25) is 0 Å². The van der Waals surface area contributed by atoms with Crippen molar-refractivity contribution in [1.82, 2.24) is 10.3 Å². The van der Waals surface area contributed by atoms with Crippen molar-refractivity contribution >= 4 is 0 Å². The third kappa shape index (κ3) is 6.40. The van der Waals surface area contributed by atoms with Gasteiger partial charge in [-0.25, -0.2) is 0 Å².